The third-order valence-corrected chi connectivity index (χ3v) is 5.08. The molecule has 142 valence electrons. The Morgan fingerprint density at radius 3 is 2.37 bits per heavy atom. The number of benzene rings is 1. The summed E-state index contributed by atoms with van der Waals surface area (Å²) < 4.78 is 14.9. The molecule has 1 fully saturated rings. The van der Waals surface area contributed by atoms with E-state index in [1.54, 1.807) is 9.80 Å². The van der Waals surface area contributed by atoms with E-state index in [1.807, 2.05) is 10.7 Å². The zero-order valence-electron chi connectivity index (χ0n) is 15.0. The van der Waals surface area contributed by atoms with Gasteiger partial charge in [-0.2, -0.15) is 5.10 Å². The van der Waals surface area contributed by atoms with Gasteiger partial charge < -0.3 is 15.1 Å². The Labute approximate surface area is 156 Å². The highest BCUT2D eigenvalue weighted by Crippen LogP contribution is 2.17. The number of hydrogen-bond donors (Lipinski definition) is 1. The highest BCUT2D eigenvalue weighted by molar-refractivity contribution is 5.93. The predicted molar refractivity (Wildman–Crippen MR) is 98.1 cm³/mol. The van der Waals surface area contributed by atoms with Crippen molar-refractivity contribution in [2.75, 3.05) is 31.5 Å². The molecule has 0 bridgehead atoms. The quantitative estimate of drug-likeness (QED) is 0.881. The van der Waals surface area contributed by atoms with E-state index in [-0.39, 0.29) is 17.8 Å². The Morgan fingerprint density at radius 2 is 1.67 bits per heavy atom. The fourth-order valence-electron chi connectivity index (χ4n) is 3.53. The van der Waals surface area contributed by atoms with Crippen molar-refractivity contribution >= 4 is 17.6 Å². The minimum atomic E-state index is -0.346. The van der Waals surface area contributed by atoms with E-state index in [2.05, 4.69) is 10.4 Å². The number of amides is 3. The van der Waals surface area contributed by atoms with Crippen LogP contribution in [0.2, 0.25) is 0 Å². The van der Waals surface area contributed by atoms with E-state index in [0.29, 0.717) is 37.6 Å². The number of hydrogen-bond acceptors (Lipinski definition) is 3. The van der Waals surface area contributed by atoms with Gasteiger partial charge in [0.1, 0.15) is 5.82 Å². The zero-order valence-corrected chi connectivity index (χ0v) is 15.0. The predicted octanol–water partition coefficient (Wildman–Crippen LogP) is 2.35. The molecule has 7 nitrogen and oxygen atoms in total. The van der Waals surface area contributed by atoms with Gasteiger partial charge in [0.05, 0.1) is 0 Å². The van der Waals surface area contributed by atoms with E-state index in [9.17, 15) is 14.0 Å². The number of aromatic nitrogens is 2. The topological polar surface area (TPSA) is 70.5 Å². The summed E-state index contributed by atoms with van der Waals surface area (Å²) in [6.45, 7) is 2.72. The minimum absolute atomic E-state index is 0.0736. The van der Waals surface area contributed by atoms with E-state index >= 15 is 0 Å². The van der Waals surface area contributed by atoms with Crippen LogP contribution in [-0.2, 0) is 13.0 Å². The van der Waals surface area contributed by atoms with Gasteiger partial charge in [-0.15, -0.1) is 0 Å². The van der Waals surface area contributed by atoms with Gasteiger partial charge >= 0.3 is 6.03 Å². The molecule has 1 aromatic carbocycles. The largest absolute Gasteiger partial charge is 0.334 e. The summed E-state index contributed by atoms with van der Waals surface area (Å²) >= 11 is 0. The van der Waals surface area contributed by atoms with E-state index in [1.165, 1.54) is 24.3 Å². The number of urea groups is 1. The molecule has 0 saturated carbocycles. The number of fused-ring (bicyclic) bond motifs is 1. The highest BCUT2D eigenvalue weighted by atomic mass is 19.1. The number of halogens is 1. The number of carbonyl (C=O) groups is 2. The van der Waals surface area contributed by atoms with Gasteiger partial charge in [-0.1, -0.05) is 0 Å². The van der Waals surface area contributed by atoms with Crippen molar-refractivity contribution < 1.29 is 14.0 Å². The van der Waals surface area contributed by atoms with Gasteiger partial charge in [-0.25, -0.2) is 9.18 Å². The van der Waals surface area contributed by atoms with Crippen LogP contribution in [0.1, 0.15) is 29.0 Å². The Morgan fingerprint density at radius 1 is 0.963 bits per heavy atom. The Hall–Kier alpha value is -2.90. The lowest BCUT2D eigenvalue weighted by molar-refractivity contribution is 0.0665. The van der Waals surface area contributed by atoms with Crippen LogP contribution in [0.15, 0.2) is 30.3 Å². The molecule has 8 heteroatoms. The maximum atomic E-state index is 12.9. The third-order valence-electron chi connectivity index (χ3n) is 5.08. The summed E-state index contributed by atoms with van der Waals surface area (Å²) in [4.78, 5) is 28.5. The second-order valence-electron chi connectivity index (χ2n) is 6.92. The molecule has 27 heavy (non-hydrogen) atoms. The summed E-state index contributed by atoms with van der Waals surface area (Å²) in [5, 5.41) is 7.19. The first kappa shape index (κ1) is 17.5. The second-order valence-corrected chi connectivity index (χ2v) is 6.92. The Bertz CT molecular complexity index is 817. The van der Waals surface area contributed by atoms with Gasteiger partial charge in [0.25, 0.3) is 5.91 Å². The molecule has 3 heterocycles. The number of carbonyl (C=O) groups excluding carboxylic acids is 2. The summed E-state index contributed by atoms with van der Waals surface area (Å²) in [5.41, 5.74) is 2.17. The van der Waals surface area contributed by atoms with Crippen LogP contribution in [0.4, 0.5) is 14.9 Å². The fourth-order valence-corrected chi connectivity index (χ4v) is 3.53. The van der Waals surface area contributed by atoms with Crippen molar-refractivity contribution in [2.45, 2.75) is 25.8 Å². The minimum Gasteiger partial charge on any atom is -0.334 e. The Kier molecular flexibility index (Phi) is 4.79. The molecule has 0 aliphatic carbocycles. The summed E-state index contributed by atoms with van der Waals surface area (Å²) in [5.74, 6) is -0.420. The van der Waals surface area contributed by atoms with E-state index in [4.69, 9.17) is 0 Å². The number of piperazine rings is 1. The van der Waals surface area contributed by atoms with Crippen molar-refractivity contribution in [1.29, 1.82) is 0 Å². The average molecular weight is 371 g/mol. The van der Waals surface area contributed by atoms with Crippen LogP contribution in [0.3, 0.4) is 0 Å². The molecular weight excluding hydrogens is 349 g/mol. The lowest BCUT2D eigenvalue weighted by Crippen LogP contribution is -2.51. The summed E-state index contributed by atoms with van der Waals surface area (Å²) in [6.07, 6.45) is 3.21. The van der Waals surface area contributed by atoms with Crippen molar-refractivity contribution in [1.82, 2.24) is 19.6 Å². The molecule has 0 spiro atoms. The van der Waals surface area contributed by atoms with Crippen LogP contribution in [0, 0.1) is 5.82 Å². The fraction of sp³-hybridized carbons (Fsp3) is 0.421. The maximum absolute atomic E-state index is 12.9. The molecule has 2 aliphatic heterocycles. The molecule has 0 radical (unpaired) electrons. The molecular formula is C19H22FN5O2. The lowest BCUT2D eigenvalue weighted by atomic mass is 10.1. The first-order valence-electron chi connectivity index (χ1n) is 9.28. The standard InChI is InChI=1S/C19H22FN5O2/c20-14-4-6-15(7-5-14)21-19(27)24-11-9-23(10-12-24)18(26)17-13-16-3-1-2-8-25(16)22-17/h4-7,13H,1-3,8-12H2,(H,21,27). The van der Waals surface area contributed by atoms with Crippen LogP contribution in [-0.4, -0.2) is 57.7 Å². The van der Waals surface area contributed by atoms with Crippen LogP contribution in [0.25, 0.3) is 0 Å². The molecule has 1 aromatic heterocycles. The maximum Gasteiger partial charge on any atom is 0.321 e. The molecule has 1 N–H and O–H groups in total. The van der Waals surface area contributed by atoms with Crippen LogP contribution in [0.5, 0.6) is 0 Å². The van der Waals surface area contributed by atoms with Crippen LogP contribution < -0.4 is 5.32 Å². The number of anilines is 1. The average Bonchev–Trinajstić information content (AvgIpc) is 3.13. The van der Waals surface area contributed by atoms with Gasteiger partial charge in [0.15, 0.2) is 5.69 Å². The lowest BCUT2D eigenvalue weighted by Gasteiger charge is -2.34. The van der Waals surface area contributed by atoms with Crippen molar-refractivity contribution in [2.24, 2.45) is 0 Å². The zero-order chi connectivity index (χ0) is 18.8. The van der Waals surface area contributed by atoms with Gasteiger partial charge in [0, 0.05) is 44.1 Å². The number of nitrogens with one attached hydrogen (secondary N) is 1. The summed E-state index contributed by atoms with van der Waals surface area (Å²) in [7, 11) is 0. The van der Waals surface area contributed by atoms with Crippen molar-refractivity contribution in [3.63, 3.8) is 0 Å². The Balaban J connectivity index is 1.33. The third kappa shape index (κ3) is 3.79. The van der Waals surface area contributed by atoms with E-state index in [0.717, 1.165) is 31.5 Å². The molecule has 1 saturated heterocycles. The smallest absolute Gasteiger partial charge is 0.321 e. The highest BCUT2D eigenvalue weighted by Gasteiger charge is 2.27. The molecule has 0 atom stereocenters. The normalized spacial score (nSPS) is 16.8. The number of aryl methyl sites for hydroxylation is 2. The molecule has 0 unspecified atom stereocenters. The van der Waals surface area contributed by atoms with Gasteiger partial charge in [0.2, 0.25) is 0 Å². The first-order chi connectivity index (χ1) is 13.1. The van der Waals surface area contributed by atoms with Crippen molar-refractivity contribution in [3.8, 4) is 0 Å². The van der Waals surface area contributed by atoms with E-state index < -0.39 is 0 Å². The van der Waals surface area contributed by atoms with Gasteiger partial charge in [-0.3, -0.25) is 9.48 Å². The first-order valence-corrected chi connectivity index (χ1v) is 9.28. The molecule has 2 aliphatic rings. The molecule has 3 amide bonds. The van der Waals surface area contributed by atoms with Crippen LogP contribution >= 0.6 is 0 Å². The SMILES string of the molecule is O=C(Nc1ccc(F)cc1)N1CCN(C(=O)c2cc3n(n2)CCCC3)CC1. The molecule has 4 rings (SSSR count). The number of nitrogens with zero attached hydrogens (tertiary/aromatic N) is 4. The summed E-state index contributed by atoms with van der Waals surface area (Å²) in [6, 6.07) is 7.30. The van der Waals surface area contributed by atoms with Gasteiger partial charge in [-0.05, 0) is 49.6 Å². The van der Waals surface area contributed by atoms with Crippen molar-refractivity contribution in [3.05, 3.63) is 47.5 Å². The number of rotatable bonds is 2. The molecule has 2 aromatic rings. The monoisotopic (exact) mass is 371 g/mol. The second kappa shape index (κ2) is 7.38.